The molecule has 20 heavy (non-hydrogen) atoms. The van der Waals surface area contributed by atoms with Crippen molar-refractivity contribution in [3.05, 3.63) is 41.2 Å². The predicted octanol–water partition coefficient (Wildman–Crippen LogP) is 2.76. The topological polar surface area (TPSA) is 70.7 Å². The molecule has 102 valence electrons. The molecule has 2 aromatic heterocycles. The van der Waals surface area contributed by atoms with Gasteiger partial charge in [0.05, 0.1) is 17.5 Å². The van der Waals surface area contributed by atoms with Gasteiger partial charge in [0.1, 0.15) is 5.82 Å². The fraction of sp³-hybridized carbons (Fsp3) is 0.214. The van der Waals surface area contributed by atoms with Gasteiger partial charge in [0.2, 0.25) is 5.91 Å². The van der Waals surface area contributed by atoms with E-state index >= 15 is 0 Å². The van der Waals surface area contributed by atoms with Crippen molar-refractivity contribution in [3.63, 3.8) is 0 Å². The van der Waals surface area contributed by atoms with Crippen molar-refractivity contribution < 1.29 is 4.79 Å². The highest BCUT2D eigenvalue weighted by molar-refractivity contribution is 7.13. The van der Waals surface area contributed by atoms with Gasteiger partial charge >= 0.3 is 0 Å². The van der Waals surface area contributed by atoms with E-state index in [9.17, 15) is 4.79 Å². The van der Waals surface area contributed by atoms with Crippen LogP contribution >= 0.6 is 11.3 Å². The molecule has 0 unspecified atom stereocenters. The summed E-state index contributed by atoms with van der Waals surface area (Å²) >= 11 is 1.41. The van der Waals surface area contributed by atoms with Crippen molar-refractivity contribution in [2.45, 2.75) is 19.8 Å². The number of thiazole rings is 1. The molecule has 0 aliphatic heterocycles. The van der Waals surface area contributed by atoms with Crippen LogP contribution in [0, 0.1) is 0 Å². The first kappa shape index (κ1) is 12.8. The van der Waals surface area contributed by atoms with Crippen LogP contribution in [0.3, 0.4) is 0 Å². The number of hydrogen-bond donors (Lipinski definition) is 2. The number of imidazole rings is 1. The van der Waals surface area contributed by atoms with Crippen LogP contribution in [0.5, 0.6) is 0 Å². The van der Waals surface area contributed by atoms with Crippen molar-refractivity contribution in [3.8, 4) is 0 Å². The number of fused-ring (bicyclic) bond motifs is 1. The molecule has 0 aliphatic carbocycles. The summed E-state index contributed by atoms with van der Waals surface area (Å²) in [7, 11) is 0. The van der Waals surface area contributed by atoms with Gasteiger partial charge in [0, 0.05) is 18.0 Å². The Labute approximate surface area is 120 Å². The molecule has 0 bridgehead atoms. The Morgan fingerprint density at radius 1 is 1.45 bits per heavy atom. The first-order chi connectivity index (χ1) is 9.74. The maximum atomic E-state index is 11.9. The molecular formula is C14H14N4OS. The van der Waals surface area contributed by atoms with E-state index in [1.54, 1.807) is 6.20 Å². The number of nitrogens with zero attached hydrogens (tertiary/aromatic N) is 2. The van der Waals surface area contributed by atoms with E-state index < -0.39 is 0 Å². The lowest BCUT2D eigenvalue weighted by molar-refractivity contribution is -0.115. The highest BCUT2D eigenvalue weighted by Crippen LogP contribution is 2.16. The van der Waals surface area contributed by atoms with Crippen LogP contribution in [0.2, 0.25) is 0 Å². The number of aromatic nitrogens is 3. The van der Waals surface area contributed by atoms with E-state index in [2.05, 4.69) is 27.2 Å². The Balaban J connectivity index is 1.75. The zero-order valence-corrected chi connectivity index (χ0v) is 11.8. The van der Waals surface area contributed by atoms with Crippen LogP contribution in [-0.4, -0.2) is 20.9 Å². The van der Waals surface area contributed by atoms with Gasteiger partial charge in [-0.25, -0.2) is 9.97 Å². The SMILES string of the molecule is CCc1nc2ccc(CC(=O)Nc3nccs3)cc2[nH]1. The number of H-pyrrole nitrogens is 1. The molecule has 6 heteroatoms. The molecule has 1 aromatic carbocycles. The summed E-state index contributed by atoms with van der Waals surface area (Å²) in [5.41, 5.74) is 2.87. The van der Waals surface area contributed by atoms with E-state index in [1.807, 2.05) is 23.6 Å². The molecule has 0 radical (unpaired) electrons. The maximum Gasteiger partial charge on any atom is 0.230 e. The fourth-order valence-electron chi connectivity index (χ4n) is 2.02. The number of nitrogens with one attached hydrogen (secondary N) is 2. The third-order valence-corrected chi connectivity index (χ3v) is 3.66. The van der Waals surface area contributed by atoms with Crippen molar-refractivity contribution in [2.75, 3.05) is 5.32 Å². The number of hydrogen-bond acceptors (Lipinski definition) is 4. The number of benzene rings is 1. The Hall–Kier alpha value is -2.21. The van der Waals surface area contributed by atoms with Gasteiger partial charge in [0.15, 0.2) is 5.13 Å². The largest absolute Gasteiger partial charge is 0.342 e. The van der Waals surface area contributed by atoms with Gasteiger partial charge < -0.3 is 10.3 Å². The lowest BCUT2D eigenvalue weighted by Gasteiger charge is -2.02. The third kappa shape index (κ3) is 2.70. The molecule has 0 aliphatic rings. The Morgan fingerprint density at radius 3 is 3.10 bits per heavy atom. The molecule has 0 spiro atoms. The average molecular weight is 286 g/mol. The van der Waals surface area contributed by atoms with E-state index in [0.717, 1.165) is 28.8 Å². The lowest BCUT2D eigenvalue weighted by atomic mass is 10.1. The van der Waals surface area contributed by atoms with E-state index in [4.69, 9.17) is 0 Å². The Bertz CT molecular complexity index is 733. The molecule has 0 atom stereocenters. The van der Waals surface area contributed by atoms with Crippen LogP contribution in [0.15, 0.2) is 29.8 Å². The molecular weight excluding hydrogens is 272 g/mol. The first-order valence-electron chi connectivity index (χ1n) is 6.41. The van der Waals surface area contributed by atoms with Gasteiger partial charge in [-0.3, -0.25) is 4.79 Å². The second kappa shape index (κ2) is 5.42. The van der Waals surface area contributed by atoms with Crippen LogP contribution in [0.4, 0.5) is 5.13 Å². The summed E-state index contributed by atoms with van der Waals surface area (Å²) in [6.07, 6.45) is 2.87. The number of rotatable bonds is 4. The van der Waals surface area contributed by atoms with Gasteiger partial charge in [-0.15, -0.1) is 11.3 Å². The summed E-state index contributed by atoms with van der Waals surface area (Å²) in [5.74, 6) is 0.902. The monoisotopic (exact) mass is 286 g/mol. The van der Waals surface area contributed by atoms with Crippen molar-refractivity contribution in [2.24, 2.45) is 0 Å². The molecule has 0 saturated carbocycles. The summed E-state index contributed by atoms with van der Waals surface area (Å²) in [6.45, 7) is 2.06. The minimum absolute atomic E-state index is 0.0606. The minimum atomic E-state index is -0.0606. The van der Waals surface area contributed by atoms with Crippen LogP contribution < -0.4 is 5.32 Å². The summed E-state index contributed by atoms with van der Waals surface area (Å²) in [4.78, 5) is 23.6. The van der Waals surface area contributed by atoms with Crippen LogP contribution in [0.25, 0.3) is 11.0 Å². The molecule has 0 saturated heterocycles. The minimum Gasteiger partial charge on any atom is -0.342 e. The van der Waals surface area contributed by atoms with Crippen molar-refractivity contribution >= 4 is 33.4 Å². The molecule has 2 heterocycles. The van der Waals surface area contributed by atoms with Crippen LogP contribution in [-0.2, 0) is 17.6 Å². The van der Waals surface area contributed by atoms with E-state index in [1.165, 1.54) is 11.3 Å². The second-order valence-corrected chi connectivity index (χ2v) is 5.35. The smallest absolute Gasteiger partial charge is 0.230 e. The van der Waals surface area contributed by atoms with Crippen molar-refractivity contribution in [1.82, 2.24) is 15.0 Å². The average Bonchev–Trinajstić information content (AvgIpc) is 3.06. The molecule has 5 nitrogen and oxygen atoms in total. The first-order valence-corrected chi connectivity index (χ1v) is 7.29. The summed E-state index contributed by atoms with van der Waals surface area (Å²) in [5, 5.41) is 5.24. The second-order valence-electron chi connectivity index (χ2n) is 4.45. The fourth-order valence-corrected chi connectivity index (χ4v) is 2.57. The van der Waals surface area contributed by atoms with E-state index in [-0.39, 0.29) is 5.91 Å². The maximum absolute atomic E-state index is 11.9. The normalized spacial score (nSPS) is 10.8. The van der Waals surface area contributed by atoms with Crippen LogP contribution in [0.1, 0.15) is 18.3 Å². The summed E-state index contributed by atoms with van der Waals surface area (Å²) in [6, 6.07) is 5.85. The van der Waals surface area contributed by atoms with Gasteiger partial charge in [0.25, 0.3) is 0 Å². The molecule has 0 fully saturated rings. The summed E-state index contributed by atoms with van der Waals surface area (Å²) < 4.78 is 0. The molecule has 3 rings (SSSR count). The number of aryl methyl sites for hydroxylation is 1. The number of amides is 1. The number of carbonyl (C=O) groups is 1. The zero-order chi connectivity index (χ0) is 13.9. The van der Waals surface area contributed by atoms with E-state index in [0.29, 0.717) is 11.6 Å². The quantitative estimate of drug-likeness (QED) is 0.774. The number of aromatic amines is 1. The number of carbonyl (C=O) groups excluding carboxylic acids is 1. The highest BCUT2D eigenvalue weighted by Gasteiger charge is 2.08. The lowest BCUT2D eigenvalue weighted by Crippen LogP contribution is -2.14. The highest BCUT2D eigenvalue weighted by atomic mass is 32.1. The number of anilines is 1. The van der Waals surface area contributed by atoms with Gasteiger partial charge in [-0.1, -0.05) is 13.0 Å². The predicted molar refractivity (Wildman–Crippen MR) is 79.9 cm³/mol. The molecule has 2 N–H and O–H groups in total. The van der Waals surface area contributed by atoms with Gasteiger partial charge in [-0.05, 0) is 17.7 Å². The molecule has 1 amide bonds. The Kier molecular flexibility index (Phi) is 3.47. The van der Waals surface area contributed by atoms with Crippen molar-refractivity contribution in [1.29, 1.82) is 0 Å². The third-order valence-electron chi connectivity index (χ3n) is 2.97. The zero-order valence-electron chi connectivity index (χ0n) is 11.0. The van der Waals surface area contributed by atoms with Gasteiger partial charge in [-0.2, -0.15) is 0 Å². The molecule has 3 aromatic rings. The standard InChI is InChI=1S/C14H14N4OS/c1-2-12-16-10-4-3-9(7-11(10)17-12)8-13(19)18-14-15-5-6-20-14/h3-7H,2,8H2,1H3,(H,16,17)(H,15,18,19). The Morgan fingerprint density at radius 2 is 2.35 bits per heavy atom.